The molecule has 0 bridgehead atoms. The average Bonchev–Trinajstić information content (AvgIpc) is 2.63. The van der Waals surface area contributed by atoms with Crippen molar-refractivity contribution in [2.75, 3.05) is 0 Å². The van der Waals surface area contributed by atoms with Gasteiger partial charge in [0.2, 0.25) is 0 Å². The normalized spacial score (nSPS) is 17.1. The van der Waals surface area contributed by atoms with Gasteiger partial charge >= 0.3 is 12.1 Å². The minimum absolute atomic E-state index is 0.189. The largest absolute Gasteiger partial charge is 0.543 e. The SMILES string of the molecule is Cc1cc(C)cc(C(=O)OOOC(=O)OC2CCCCCCCCCCC2)c1. The highest BCUT2D eigenvalue weighted by molar-refractivity contribution is 5.89. The molecule has 156 valence electrons. The molecule has 1 aliphatic rings. The van der Waals surface area contributed by atoms with E-state index in [0.717, 1.165) is 49.7 Å². The Balaban J connectivity index is 1.72. The van der Waals surface area contributed by atoms with Gasteiger partial charge in [-0.3, -0.25) is 4.89 Å². The summed E-state index contributed by atoms with van der Waals surface area (Å²) >= 11 is 0. The first-order valence-electron chi connectivity index (χ1n) is 10.4. The summed E-state index contributed by atoms with van der Waals surface area (Å²) in [6, 6.07) is 5.28. The van der Waals surface area contributed by atoms with E-state index < -0.39 is 12.1 Å². The molecule has 1 aromatic carbocycles. The highest BCUT2D eigenvalue weighted by Crippen LogP contribution is 2.19. The molecular formula is C22H32O6. The second-order valence-electron chi connectivity index (χ2n) is 7.65. The number of ether oxygens (including phenoxy) is 1. The van der Waals surface area contributed by atoms with Gasteiger partial charge in [-0.2, -0.15) is 0 Å². The summed E-state index contributed by atoms with van der Waals surface area (Å²) in [6.45, 7) is 3.75. The van der Waals surface area contributed by atoms with Gasteiger partial charge in [-0.1, -0.05) is 62.1 Å². The van der Waals surface area contributed by atoms with Crippen LogP contribution in [0.5, 0.6) is 0 Å². The summed E-state index contributed by atoms with van der Waals surface area (Å²) < 4.78 is 5.34. The summed E-state index contributed by atoms with van der Waals surface area (Å²) in [5.41, 5.74) is 2.18. The molecule has 6 heteroatoms. The summed E-state index contributed by atoms with van der Waals surface area (Å²) in [7, 11) is 0. The van der Waals surface area contributed by atoms with Gasteiger partial charge in [0.15, 0.2) is 0 Å². The van der Waals surface area contributed by atoms with Crippen molar-refractivity contribution in [1.29, 1.82) is 0 Å². The first-order chi connectivity index (χ1) is 13.5. The number of hydrogen-bond donors (Lipinski definition) is 0. The van der Waals surface area contributed by atoms with Crippen molar-refractivity contribution < 1.29 is 29.1 Å². The maximum Gasteiger partial charge on any atom is 0.543 e. The number of carbonyl (C=O) groups is 2. The molecule has 0 saturated heterocycles. The van der Waals surface area contributed by atoms with Crippen LogP contribution in [-0.4, -0.2) is 18.2 Å². The predicted molar refractivity (Wildman–Crippen MR) is 105 cm³/mol. The molecule has 0 spiro atoms. The molecule has 0 aromatic heterocycles. The van der Waals surface area contributed by atoms with E-state index in [2.05, 4.69) is 14.8 Å². The Kier molecular flexibility index (Phi) is 9.83. The third-order valence-corrected chi connectivity index (χ3v) is 4.98. The second kappa shape index (κ2) is 12.4. The zero-order chi connectivity index (χ0) is 20.2. The van der Waals surface area contributed by atoms with Crippen LogP contribution in [0.1, 0.15) is 92.1 Å². The smallest absolute Gasteiger partial charge is 0.429 e. The van der Waals surface area contributed by atoms with Crippen LogP contribution in [0.25, 0.3) is 0 Å². The van der Waals surface area contributed by atoms with Crippen LogP contribution in [0.4, 0.5) is 4.79 Å². The molecule has 0 heterocycles. The van der Waals surface area contributed by atoms with E-state index >= 15 is 0 Å². The number of carbonyl (C=O) groups excluding carboxylic acids is 2. The number of rotatable bonds is 4. The van der Waals surface area contributed by atoms with Gasteiger partial charge in [0.25, 0.3) is 0 Å². The molecule has 2 rings (SSSR count). The Labute approximate surface area is 167 Å². The molecule has 0 aliphatic heterocycles. The van der Waals surface area contributed by atoms with Crippen molar-refractivity contribution in [3.63, 3.8) is 0 Å². The number of aryl methyl sites for hydroxylation is 2. The van der Waals surface area contributed by atoms with Crippen molar-refractivity contribution in [2.24, 2.45) is 0 Å². The predicted octanol–water partition coefficient (Wildman–Crippen LogP) is 6.13. The van der Waals surface area contributed by atoms with Gasteiger partial charge < -0.3 is 4.74 Å². The maximum absolute atomic E-state index is 12.0. The fourth-order valence-electron chi connectivity index (χ4n) is 3.62. The van der Waals surface area contributed by atoms with Crippen molar-refractivity contribution in [3.8, 4) is 0 Å². The Hall–Kier alpha value is -2.08. The van der Waals surface area contributed by atoms with E-state index in [1.165, 1.54) is 32.1 Å². The van der Waals surface area contributed by atoms with Crippen LogP contribution >= 0.6 is 0 Å². The van der Waals surface area contributed by atoms with E-state index in [4.69, 9.17) is 4.74 Å². The topological polar surface area (TPSA) is 71.1 Å². The van der Waals surface area contributed by atoms with Crippen LogP contribution in [0.3, 0.4) is 0 Å². The summed E-state index contributed by atoms with van der Waals surface area (Å²) in [5.74, 6) is -0.731. The number of hydrogen-bond acceptors (Lipinski definition) is 6. The third kappa shape index (κ3) is 8.74. The van der Waals surface area contributed by atoms with Crippen LogP contribution in [0.2, 0.25) is 0 Å². The highest BCUT2D eigenvalue weighted by Gasteiger charge is 2.18. The molecular weight excluding hydrogens is 360 g/mol. The van der Waals surface area contributed by atoms with E-state index in [1.54, 1.807) is 12.1 Å². The van der Waals surface area contributed by atoms with E-state index in [9.17, 15) is 9.59 Å². The molecule has 6 nitrogen and oxygen atoms in total. The van der Waals surface area contributed by atoms with E-state index in [-0.39, 0.29) is 6.10 Å². The fourth-order valence-corrected chi connectivity index (χ4v) is 3.62. The molecule has 1 aliphatic carbocycles. The summed E-state index contributed by atoms with van der Waals surface area (Å²) in [6.07, 6.45) is 11.2. The van der Waals surface area contributed by atoms with E-state index in [0.29, 0.717) is 5.56 Å². The van der Waals surface area contributed by atoms with Crippen LogP contribution in [0.15, 0.2) is 18.2 Å². The number of benzene rings is 1. The third-order valence-electron chi connectivity index (χ3n) is 4.98. The molecule has 1 aromatic rings. The molecule has 1 saturated carbocycles. The Morgan fingerprint density at radius 2 is 1.25 bits per heavy atom. The Morgan fingerprint density at radius 1 is 0.750 bits per heavy atom. The highest BCUT2D eigenvalue weighted by atomic mass is 17.5. The van der Waals surface area contributed by atoms with Gasteiger partial charge in [-0.25, -0.2) is 14.5 Å². The van der Waals surface area contributed by atoms with Crippen molar-refractivity contribution in [1.82, 2.24) is 0 Å². The molecule has 0 unspecified atom stereocenters. The quantitative estimate of drug-likeness (QED) is 0.348. The lowest BCUT2D eigenvalue weighted by molar-refractivity contribution is -0.453. The molecule has 0 atom stereocenters. The van der Waals surface area contributed by atoms with Gasteiger partial charge in [0.05, 0.1) is 10.6 Å². The van der Waals surface area contributed by atoms with E-state index in [1.807, 2.05) is 19.9 Å². The van der Waals surface area contributed by atoms with Crippen molar-refractivity contribution in [3.05, 3.63) is 34.9 Å². The lowest BCUT2D eigenvalue weighted by atomic mass is 9.99. The van der Waals surface area contributed by atoms with Gasteiger partial charge in [-0.05, 0) is 51.7 Å². The monoisotopic (exact) mass is 392 g/mol. The van der Waals surface area contributed by atoms with Gasteiger partial charge in [-0.15, -0.1) is 0 Å². The van der Waals surface area contributed by atoms with Crippen molar-refractivity contribution in [2.45, 2.75) is 90.6 Å². The zero-order valence-electron chi connectivity index (χ0n) is 17.0. The van der Waals surface area contributed by atoms with Crippen LogP contribution in [0, 0.1) is 13.8 Å². The molecule has 0 amide bonds. The van der Waals surface area contributed by atoms with Crippen LogP contribution < -0.4 is 0 Å². The lowest BCUT2D eigenvalue weighted by Crippen LogP contribution is -2.20. The first kappa shape index (κ1) is 22.2. The standard InChI is InChI=1S/C22H32O6/c1-17-14-18(2)16-19(15-17)21(23)26-28-27-22(24)25-20-12-10-8-6-4-3-5-7-9-11-13-20/h14-16,20H,3-13H2,1-2H3. The zero-order valence-corrected chi connectivity index (χ0v) is 17.0. The average molecular weight is 392 g/mol. The molecule has 1 fully saturated rings. The lowest BCUT2D eigenvalue weighted by Gasteiger charge is -2.17. The molecule has 0 radical (unpaired) electrons. The van der Waals surface area contributed by atoms with Gasteiger partial charge in [0.1, 0.15) is 6.10 Å². The fraction of sp³-hybridized carbons (Fsp3) is 0.636. The Bertz CT molecular complexity index is 595. The van der Waals surface area contributed by atoms with Gasteiger partial charge in [0, 0.05) is 0 Å². The summed E-state index contributed by atoms with van der Waals surface area (Å²) in [5, 5.41) is 4.35. The maximum atomic E-state index is 12.0. The van der Waals surface area contributed by atoms with Crippen molar-refractivity contribution >= 4 is 12.1 Å². The first-order valence-corrected chi connectivity index (χ1v) is 10.4. The second-order valence-corrected chi connectivity index (χ2v) is 7.65. The summed E-state index contributed by atoms with van der Waals surface area (Å²) in [4.78, 5) is 32.8. The molecule has 0 N–H and O–H groups in total. The Morgan fingerprint density at radius 3 is 1.79 bits per heavy atom. The van der Waals surface area contributed by atoms with Crippen LogP contribution in [-0.2, 0) is 19.6 Å². The minimum atomic E-state index is -0.981. The minimum Gasteiger partial charge on any atom is -0.429 e. The molecule has 28 heavy (non-hydrogen) atoms.